The first-order valence-corrected chi connectivity index (χ1v) is 14.1. The summed E-state index contributed by atoms with van der Waals surface area (Å²) in [6.07, 6.45) is 27.4. The topological polar surface area (TPSA) is 20.3 Å². The molecule has 3 aliphatic carbocycles. The summed E-state index contributed by atoms with van der Waals surface area (Å²) >= 11 is 0. The molecule has 0 N–H and O–H groups in total. The molecular weight excluding hydrogens is 390 g/mol. The van der Waals surface area contributed by atoms with Gasteiger partial charge in [0.2, 0.25) is 5.91 Å². The van der Waals surface area contributed by atoms with Crippen molar-refractivity contribution >= 4 is 5.91 Å². The maximum Gasteiger partial charge on any atom is 0.248 e. The van der Waals surface area contributed by atoms with E-state index in [2.05, 4.69) is 25.7 Å². The lowest BCUT2D eigenvalue weighted by atomic mass is 9.70. The number of carbonyl (C=O) groups is 1. The zero-order chi connectivity index (χ0) is 22.9. The molecule has 0 unspecified atom stereocenters. The number of amides is 1. The van der Waals surface area contributed by atoms with Gasteiger partial charge in [-0.3, -0.25) is 4.79 Å². The van der Waals surface area contributed by atoms with Gasteiger partial charge in [-0.1, -0.05) is 51.3 Å². The van der Waals surface area contributed by atoms with E-state index in [1.807, 2.05) is 18.9 Å². The second kappa shape index (κ2) is 13.0. The number of allylic oxidation sites excluding steroid dienone is 2. The van der Waals surface area contributed by atoms with Crippen molar-refractivity contribution in [1.82, 2.24) is 4.90 Å². The molecule has 182 valence electrons. The van der Waals surface area contributed by atoms with Crippen molar-refractivity contribution in [1.29, 1.82) is 0 Å². The lowest BCUT2D eigenvalue weighted by Gasteiger charge is -2.40. The maximum absolute atomic E-state index is 12.2. The first kappa shape index (κ1) is 25.6. The van der Waals surface area contributed by atoms with Gasteiger partial charge in [-0.2, -0.15) is 0 Å². The number of carbonyl (C=O) groups excluding carboxylic acids is 1. The van der Waals surface area contributed by atoms with Crippen LogP contribution in [0.25, 0.3) is 0 Å². The minimum absolute atomic E-state index is 0.130. The molecule has 1 amide bonds. The second-order valence-corrected chi connectivity index (χ2v) is 11.6. The number of hydrogen-bond acceptors (Lipinski definition) is 1. The van der Waals surface area contributed by atoms with Gasteiger partial charge in [0.1, 0.15) is 0 Å². The number of likely N-dealkylation sites (N-methyl/N-ethyl adjacent to an activating group) is 1. The normalized spacial score (nSPS) is 33.8. The summed E-state index contributed by atoms with van der Waals surface area (Å²) in [5, 5.41) is 0. The monoisotopic (exact) mass is 441 g/mol. The molecule has 0 aromatic carbocycles. The molecule has 3 fully saturated rings. The molecule has 0 saturated heterocycles. The van der Waals surface area contributed by atoms with E-state index in [1.165, 1.54) is 103 Å². The molecule has 0 atom stereocenters. The standard InChI is InChI=1S/C30H51NO/c1-5-6-7-8-24-9-11-25(12-10-24)13-14-26-15-17-27(18-16-26)28-19-21-29(22-20-28)31(4)30(32)23(2)3/h13-14,24-29H,2,5-12,15-22H2,1,3-4H3/b14-13+. The summed E-state index contributed by atoms with van der Waals surface area (Å²) in [4.78, 5) is 14.2. The molecule has 0 heterocycles. The summed E-state index contributed by atoms with van der Waals surface area (Å²) in [7, 11) is 1.97. The van der Waals surface area contributed by atoms with Gasteiger partial charge < -0.3 is 4.90 Å². The van der Waals surface area contributed by atoms with Crippen LogP contribution in [0.1, 0.15) is 117 Å². The number of rotatable bonds is 9. The molecule has 2 heteroatoms. The summed E-state index contributed by atoms with van der Waals surface area (Å²) in [5.74, 6) is 4.68. The summed E-state index contributed by atoms with van der Waals surface area (Å²) < 4.78 is 0. The molecule has 0 radical (unpaired) electrons. The van der Waals surface area contributed by atoms with E-state index in [0.717, 1.165) is 29.6 Å². The molecular formula is C30H51NO. The van der Waals surface area contributed by atoms with Crippen molar-refractivity contribution < 1.29 is 4.79 Å². The lowest BCUT2D eigenvalue weighted by Crippen LogP contribution is -2.40. The van der Waals surface area contributed by atoms with E-state index >= 15 is 0 Å². The van der Waals surface area contributed by atoms with Crippen LogP contribution in [0.3, 0.4) is 0 Å². The molecule has 0 bridgehead atoms. The smallest absolute Gasteiger partial charge is 0.248 e. The highest BCUT2D eigenvalue weighted by Gasteiger charge is 2.32. The second-order valence-electron chi connectivity index (χ2n) is 11.6. The zero-order valence-corrected chi connectivity index (χ0v) is 21.5. The summed E-state index contributed by atoms with van der Waals surface area (Å²) in [6, 6.07) is 0.427. The van der Waals surface area contributed by atoms with Crippen LogP contribution in [0.4, 0.5) is 0 Å². The van der Waals surface area contributed by atoms with Gasteiger partial charge in [0.25, 0.3) is 0 Å². The van der Waals surface area contributed by atoms with E-state index in [9.17, 15) is 4.79 Å². The first-order valence-electron chi connectivity index (χ1n) is 14.1. The Morgan fingerprint density at radius 3 is 1.81 bits per heavy atom. The van der Waals surface area contributed by atoms with Crippen LogP contribution in [0.15, 0.2) is 24.3 Å². The quantitative estimate of drug-likeness (QED) is 0.200. The third-order valence-electron chi connectivity index (χ3n) is 9.22. The summed E-state index contributed by atoms with van der Waals surface area (Å²) in [5.41, 5.74) is 0.668. The Morgan fingerprint density at radius 1 is 0.812 bits per heavy atom. The molecule has 3 rings (SSSR count). The lowest BCUT2D eigenvalue weighted by molar-refractivity contribution is -0.128. The Hall–Kier alpha value is -1.05. The van der Waals surface area contributed by atoms with Crippen LogP contribution in [0.5, 0.6) is 0 Å². The van der Waals surface area contributed by atoms with E-state index in [4.69, 9.17) is 0 Å². The molecule has 0 aromatic rings. The number of unbranched alkanes of at least 4 members (excludes halogenated alkanes) is 2. The van der Waals surface area contributed by atoms with E-state index in [1.54, 1.807) is 0 Å². The van der Waals surface area contributed by atoms with Gasteiger partial charge >= 0.3 is 0 Å². The molecule has 0 aromatic heterocycles. The van der Waals surface area contributed by atoms with E-state index in [0.29, 0.717) is 11.6 Å². The predicted octanol–water partition coefficient (Wildman–Crippen LogP) is 8.33. The average Bonchev–Trinajstić information content (AvgIpc) is 2.83. The van der Waals surface area contributed by atoms with Crippen LogP contribution in [-0.4, -0.2) is 23.9 Å². The predicted molar refractivity (Wildman–Crippen MR) is 138 cm³/mol. The van der Waals surface area contributed by atoms with Gasteiger partial charge in [-0.05, 0) is 114 Å². The van der Waals surface area contributed by atoms with E-state index < -0.39 is 0 Å². The largest absolute Gasteiger partial charge is 0.339 e. The Morgan fingerprint density at radius 2 is 1.31 bits per heavy atom. The van der Waals surface area contributed by atoms with Crippen LogP contribution in [0, 0.1) is 29.6 Å². The van der Waals surface area contributed by atoms with Crippen molar-refractivity contribution in [3.63, 3.8) is 0 Å². The van der Waals surface area contributed by atoms with Crippen molar-refractivity contribution in [3.05, 3.63) is 24.3 Å². The molecule has 32 heavy (non-hydrogen) atoms. The maximum atomic E-state index is 12.2. The van der Waals surface area contributed by atoms with Crippen LogP contribution >= 0.6 is 0 Å². The Labute approximate surface area is 199 Å². The molecule has 0 aliphatic heterocycles. The van der Waals surface area contributed by atoms with Crippen LogP contribution < -0.4 is 0 Å². The molecule has 0 spiro atoms. The van der Waals surface area contributed by atoms with E-state index in [-0.39, 0.29) is 5.91 Å². The fourth-order valence-corrected chi connectivity index (χ4v) is 6.90. The van der Waals surface area contributed by atoms with Gasteiger partial charge in [0, 0.05) is 18.7 Å². The third kappa shape index (κ3) is 7.49. The van der Waals surface area contributed by atoms with Crippen molar-refractivity contribution in [2.45, 2.75) is 123 Å². The molecule has 3 saturated carbocycles. The SMILES string of the molecule is C=C(C)C(=O)N(C)C1CCC(C2CCC(/C=C/C3CCC(CCCCC)CC3)CC2)CC1. The van der Waals surface area contributed by atoms with Crippen LogP contribution in [-0.2, 0) is 4.79 Å². The fraction of sp³-hybridized carbons (Fsp3) is 0.833. The third-order valence-corrected chi connectivity index (χ3v) is 9.22. The average molecular weight is 442 g/mol. The summed E-state index contributed by atoms with van der Waals surface area (Å²) in [6.45, 7) is 7.98. The van der Waals surface area contributed by atoms with Crippen molar-refractivity contribution in [3.8, 4) is 0 Å². The first-order chi connectivity index (χ1) is 15.5. The van der Waals surface area contributed by atoms with Gasteiger partial charge in [0.15, 0.2) is 0 Å². The molecule has 2 nitrogen and oxygen atoms in total. The number of nitrogens with zero attached hydrogens (tertiary/aromatic N) is 1. The van der Waals surface area contributed by atoms with Crippen molar-refractivity contribution in [2.24, 2.45) is 29.6 Å². The van der Waals surface area contributed by atoms with Gasteiger partial charge in [-0.25, -0.2) is 0 Å². The molecule has 3 aliphatic rings. The van der Waals surface area contributed by atoms with Gasteiger partial charge in [-0.15, -0.1) is 0 Å². The Balaban J connectivity index is 1.32. The van der Waals surface area contributed by atoms with Crippen molar-refractivity contribution in [2.75, 3.05) is 7.05 Å². The highest BCUT2D eigenvalue weighted by molar-refractivity contribution is 5.92. The minimum atomic E-state index is 0.130. The van der Waals surface area contributed by atoms with Crippen LogP contribution in [0.2, 0.25) is 0 Å². The minimum Gasteiger partial charge on any atom is -0.339 e. The highest BCUT2D eigenvalue weighted by atomic mass is 16.2. The number of hydrogen-bond donors (Lipinski definition) is 0. The Kier molecular flexibility index (Phi) is 10.4. The highest BCUT2D eigenvalue weighted by Crippen LogP contribution is 2.41. The zero-order valence-electron chi connectivity index (χ0n) is 21.5. The Bertz CT molecular complexity index is 598. The van der Waals surface area contributed by atoms with Gasteiger partial charge in [0.05, 0.1) is 0 Å². The fourth-order valence-electron chi connectivity index (χ4n) is 6.90.